The van der Waals surface area contributed by atoms with E-state index in [-0.39, 0.29) is 30.8 Å². The molecule has 2 aromatic rings. The molecule has 6 nitrogen and oxygen atoms in total. The van der Waals surface area contributed by atoms with Crippen molar-refractivity contribution in [3.63, 3.8) is 0 Å². The van der Waals surface area contributed by atoms with Gasteiger partial charge < -0.3 is 9.64 Å². The highest BCUT2D eigenvalue weighted by atomic mass is 19.4. The molecule has 2 atom stereocenters. The average molecular weight is 390 g/mol. The van der Waals surface area contributed by atoms with E-state index in [1.807, 2.05) is 6.07 Å². The zero-order valence-corrected chi connectivity index (χ0v) is 14.8. The van der Waals surface area contributed by atoms with Crippen LogP contribution >= 0.6 is 0 Å². The molecule has 9 heteroatoms. The van der Waals surface area contributed by atoms with Crippen molar-refractivity contribution < 1.29 is 22.7 Å². The number of hydrogen-bond donors (Lipinski definition) is 0. The minimum atomic E-state index is -4.43. The first-order valence-corrected chi connectivity index (χ1v) is 8.46. The van der Waals surface area contributed by atoms with Crippen molar-refractivity contribution in [3.8, 4) is 6.07 Å². The second-order valence-corrected chi connectivity index (χ2v) is 6.36. The molecule has 1 aromatic carbocycles. The van der Waals surface area contributed by atoms with E-state index in [9.17, 15) is 18.0 Å². The Kier molecular flexibility index (Phi) is 5.51. The lowest BCUT2D eigenvalue weighted by molar-refractivity contribution is -0.137. The molecule has 2 heterocycles. The Balaban J connectivity index is 1.77. The van der Waals surface area contributed by atoms with Gasteiger partial charge in [-0.15, -0.1) is 0 Å². The van der Waals surface area contributed by atoms with Crippen LogP contribution in [-0.4, -0.2) is 39.8 Å². The fourth-order valence-electron chi connectivity index (χ4n) is 3.11. The van der Waals surface area contributed by atoms with Gasteiger partial charge in [-0.2, -0.15) is 23.5 Å². The number of carbonyl (C=O) groups is 1. The van der Waals surface area contributed by atoms with Crippen molar-refractivity contribution >= 4 is 5.91 Å². The van der Waals surface area contributed by atoms with Crippen molar-refractivity contribution in [1.82, 2.24) is 14.7 Å². The van der Waals surface area contributed by atoms with Gasteiger partial charge in [0.1, 0.15) is 6.07 Å². The molecule has 1 aliphatic heterocycles. The van der Waals surface area contributed by atoms with Gasteiger partial charge in [0.2, 0.25) is 5.91 Å². The molecule has 0 saturated carbocycles. The highest BCUT2D eigenvalue weighted by Gasteiger charge is 2.37. The number of benzene rings is 1. The summed E-state index contributed by atoms with van der Waals surface area (Å²) < 4.78 is 46.0. The van der Waals surface area contributed by atoms with Crippen LogP contribution in [0.5, 0.6) is 0 Å². The van der Waals surface area contributed by atoms with Crippen molar-refractivity contribution in [2.24, 2.45) is 0 Å². The van der Waals surface area contributed by atoms with Crippen molar-refractivity contribution in [1.29, 1.82) is 5.26 Å². The zero-order chi connectivity index (χ0) is 20.3. The Morgan fingerprint density at radius 1 is 1.39 bits per heavy atom. The molecular formula is C19H17F3N4O2. The van der Waals surface area contributed by atoms with Crippen LogP contribution in [0.1, 0.15) is 22.9 Å². The maximum absolute atomic E-state index is 12.9. The van der Waals surface area contributed by atoms with Crippen LogP contribution in [0.4, 0.5) is 13.2 Å². The summed E-state index contributed by atoms with van der Waals surface area (Å²) in [7, 11) is 0. The summed E-state index contributed by atoms with van der Waals surface area (Å²) in [5.41, 5.74) is -0.142. The normalized spacial score (nSPS) is 19.4. The molecule has 1 amide bonds. The van der Waals surface area contributed by atoms with Crippen LogP contribution in [0, 0.1) is 11.3 Å². The lowest BCUT2D eigenvalue weighted by Crippen LogP contribution is -2.28. The number of alkyl halides is 3. The number of amides is 1. The van der Waals surface area contributed by atoms with Crippen molar-refractivity contribution in [3.05, 3.63) is 66.0 Å². The molecule has 0 bridgehead atoms. The minimum absolute atomic E-state index is 0.0480. The second kappa shape index (κ2) is 7.86. The predicted molar refractivity (Wildman–Crippen MR) is 92.8 cm³/mol. The molecular weight excluding hydrogens is 373 g/mol. The largest absolute Gasteiger partial charge is 0.416 e. The van der Waals surface area contributed by atoms with E-state index in [1.165, 1.54) is 17.0 Å². The third-order valence-electron chi connectivity index (χ3n) is 4.50. The summed E-state index contributed by atoms with van der Waals surface area (Å²) in [6.45, 7) is 3.96. The molecule has 0 spiro atoms. The van der Waals surface area contributed by atoms with Crippen LogP contribution < -0.4 is 0 Å². The maximum Gasteiger partial charge on any atom is 0.416 e. The van der Waals surface area contributed by atoms with Crippen LogP contribution in [-0.2, 0) is 22.3 Å². The second-order valence-electron chi connectivity index (χ2n) is 6.36. The fourth-order valence-corrected chi connectivity index (χ4v) is 3.11. The number of hydrogen-bond acceptors (Lipinski definition) is 4. The fraction of sp³-hybridized carbons (Fsp3) is 0.316. The highest BCUT2D eigenvalue weighted by Crippen LogP contribution is 2.30. The molecule has 0 N–H and O–H groups in total. The third kappa shape index (κ3) is 4.23. The number of nitrogens with zero attached hydrogens (tertiary/aromatic N) is 4. The number of ether oxygens (including phenoxy) is 1. The van der Waals surface area contributed by atoms with E-state index < -0.39 is 17.8 Å². The van der Waals surface area contributed by atoms with E-state index in [1.54, 1.807) is 23.0 Å². The van der Waals surface area contributed by atoms with Gasteiger partial charge in [0.05, 0.1) is 24.3 Å². The molecule has 1 fully saturated rings. The van der Waals surface area contributed by atoms with Gasteiger partial charge in [0.15, 0.2) is 5.69 Å². The predicted octanol–water partition coefficient (Wildman–Crippen LogP) is 2.93. The van der Waals surface area contributed by atoms with Gasteiger partial charge in [-0.3, -0.25) is 9.48 Å². The van der Waals surface area contributed by atoms with Crippen LogP contribution in [0.2, 0.25) is 0 Å². The number of halogens is 3. The minimum Gasteiger partial charge on any atom is -0.369 e. The van der Waals surface area contributed by atoms with E-state index >= 15 is 0 Å². The summed E-state index contributed by atoms with van der Waals surface area (Å²) >= 11 is 0. The van der Waals surface area contributed by atoms with Crippen LogP contribution in [0.15, 0.2) is 49.2 Å². The van der Waals surface area contributed by atoms with Gasteiger partial charge in [-0.1, -0.05) is 18.7 Å². The molecule has 0 aliphatic carbocycles. The third-order valence-corrected chi connectivity index (χ3v) is 4.50. The van der Waals surface area contributed by atoms with Crippen molar-refractivity contribution in [2.45, 2.75) is 24.9 Å². The highest BCUT2D eigenvalue weighted by molar-refractivity contribution is 5.87. The number of likely N-dealkylation sites (tertiary alicyclic amines) is 1. The SMILES string of the molecule is C=CC(=O)N1CC(OCc2cccc(C(F)(F)F)c2)C(n2ccc(C#N)n2)C1. The molecule has 1 saturated heterocycles. The smallest absolute Gasteiger partial charge is 0.369 e. The number of aromatic nitrogens is 2. The molecule has 1 aliphatic rings. The first kappa shape index (κ1) is 19.6. The summed E-state index contributed by atoms with van der Waals surface area (Å²) in [5.74, 6) is -0.275. The van der Waals surface area contributed by atoms with Gasteiger partial charge in [0.25, 0.3) is 0 Å². The van der Waals surface area contributed by atoms with Crippen LogP contribution in [0.3, 0.4) is 0 Å². The molecule has 2 unspecified atom stereocenters. The van der Waals surface area contributed by atoms with Gasteiger partial charge in [0, 0.05) is 19.3 Å². The quantitative estimate of drug-likeness (QED) is 0.736. The molecule has 146 valence electrons. The monoisotopic (exact) mass is 390 g/mol. The Labute approximate surface area is 159 Å². The van der Waals surface area contributed by atoms with Crippen molar-refractivity contribution in [2.75, 3.05) is 13.1 Å². The zero-order valence-electron chi connectivity index (χ0n) is 14.8. The van der Waals surface area contributed by atoms with E-state index in [2.05, 4.69) is 11.7 Å². The summed E-state index contributed by atoms with van der Waals surface area (Å²) in [6, 6.07) is 8.03. The number of nitriles is 1. The van der Waals surface area contributed by atoms with Gasteiger partial charge in [-0.05, 0) is 29.8 Å². The van der Waals surface area contributed by atoms with Gasteiger partial charge in [-0.25, -0.2) is 0 Å². The Bertz CT molecular complexity index is 916. The number of carbonyl (C=O) groups excluding carboxylic acids is 1. The molecule has 0 radical (unpaired) electrons. The maximum atomic E-state index is 12.9. The standard InChI is InChI=1S/C19H17F3N4O2/c1-2-18(27)25-10-16(26-7-6-15(9-23)24-26)17(11-25)28-12-13-4-3-5-14(8-13)19(20,21)22/h2-8,16-17H,1,10-12H2. The summed E-state index contributed by atoms with van der Waals surface area (Å²) in [6.07, 6.45) is -2.12. The Morgan fingerprint density at radius 3 is 2.82 bits per heavy atom. The number of rotatable bonds is 5. The lowest BCUT2D eigenvalue weighted by Gasteiger charge is -2.19. The van der Waals surface area contributed by atoms with E-state index in [0.717, 1.165) is 12.1 Å². The molecule has 28 heavy (non-hydrogen) atoms. The van der Waals surface area contributed by atoms with Crippen LogP contribution in [0.25, 0.3) is 0 Å². The van der Waals surface area contributed by atoms with Gasteiger partial charge >= 0.3 is 6.18 Å². The van der Waals surface area contributed by atoms with E-state index in [0.29, 0.717) is 12.1 Å². The topological polar surface area (TPSA) is 71.2 Å². The lowest BCUT2D eigenvalue weighted by atomic mass is 10.1. The summed E-state index contributed by atoms with van der Waals surface area (Å²) in [4.78, 5) is 13.5. The molecule has 3 rings (SSSR count). The summed E-state index contributed by atoms with van der Waals surface area (Å²) in [5, 5.41) is 13.1. The first-order valence-electron chi connectivity index (χ1n) is 8.46. The Morgan fingerprint density at radius 2 is 2.18 bits per heavy atom. The Hall–Kier alpha value is -3.12. The first-order chi connectivity index (χ1) is 13.3. The molecule has 1 aromatic heterocycles. The van der Waals surface area contributed by atoms with E-state index in [4.69, 9.17) is 10.00 Å². The average Bonchev–Trinajstić information content (AvgIpc) is 3.32.